The molecule has 1 N–H and O–H groups in total. The third-order valence-corrected chi connectivity index (χ3v) is 8.42. The van der Waals surface area contributed by atoms with E-state index in [0.717, 1.165) is 17.7 Å². The molecule has 7 nitrogen and oxygen atoms in total. The molecule has 0 spiro atoms. The highest BCUT2D eigenvalue weighted by Gasteiger charge is 2.29. The highest BCUT2D eigenvalue weighted by Crippen LogP contribution is 2.37. The SMILES string of the molecule is CCN(CC)S(=O)(=O)c1ccc2c(c1)N(CC(=O)NCCCc1ccccc1)C(=O)CS2. The first-order valence-electron chi connectivity index (χ1n) is 10.7. The van der Waals surface area contributed by atoms with Gasteiger partial charge in [-0.2, -0.15) is 4.31 Å². The minimum atomic E-state index is -3.66. The number of anilines is 1. The van der Waals surface area contributed by atoms with Crippen molar-refractivity contribution < 1.29 is 18.0 Å². The van der Waals surface area contributed by atoms with Crippen LogP contribution in [0.25, 0.3) is 0 Å². The molecule has 3 rings (SSSR count). The Bertz CT molecular complexity index is 1050. The number of amides is 2. The van der Waals surface area contributed by atoms with Crippen molar-refractivity contribution in [3.05, 3.63) is 54.1 Å². The Morgan fingerprint density at radius 3 is 2.53 bits per heavy atom. The summed E-state index contributed by atoms with van der Waals surface area (Å²) in [6.07, 6.45) is 1.65. The number of carbonyl (C=O) groups excluding carboxylic acids is 2. The quantitative estimate of drug-likeness (QED) is 0.534. The summed E-state index contributed by atoms with van der Waals surface area (Å²) < 4.78 is 27.2. The standard InChI is InChI=1S/C23H29N3O4S2/c1-3-25(4-2)32(29,30)19-12-13-21-20(15-19)26(23(28)17-31-21)16-22(27)24-14-8-11-18-9-6-5-7-10-18/h5-7,9-10,12-13,15H,3-4,8,11,14,16-17H2,1-2H3,(H,24,27). The molecule has 0 bridgehead atoms. The molecule has 9 heteroatoms. The monoisotopic (exact) mass is 475 g/mol. The second-order valence-corrected chi connectivity index (χ2v) is 10.4. The van der Waals surface area contributed by atoms with Crippen LogP contribution in [0.4, 0.5) is 5.69 Å². The molecule has 1 aliphatic heterocycles. The first-order chi connectivity index (χ1) is 15.4. The zero-order chi connectivity index (χ0) is 23.1. The van der Waals surface area contributed by atoms with E-state index in [-0.39, 0.29) is 29.0 Å². The van der Waals surface area contributed by atoms with Gasteiger partial charge in [-0.05, 0) is 36.6 Å². The van der Waals surface area contributed by atoms with Crippen molar-refractivity contribution in [2.75, 3.05) is 36.8 Å². The van der Waals surface area contributed by atoms with Gasteiger partial charge >= 0.3 is 0 Å². The van der Waals surface area contributed by atoms with Gasteiger partial charge in [-0.25, -0.2) is 8.42 Å². The molecule has 0 saturated carbocycles. The second-order valence-electron chi connectivity index (χ2n) is 7.43. The summed E-state index contributed by atoms with van der Waals surface area (Å²) in [7, 11) is -3.66. The summed E-state index contributed by atoms with van der Waals surface area (Å²) in [5.41, 5.74) is 1.68. The molecular weight excluding hydrogens is 446 g/mol. The molecular formula is C23H29N3O4S2. The van der Waals surface area contributed by atoms with Crippen molar-refractivity contribution in [2.45, 2.75) is 36.5 Å². The molecule has 2 aromatic rings. The van der Waals surface area contributed by atoms with Gasteiger partial charge in [0.15, 0.2) is 0 Å². The largest absolute Gasteiger partial charge is 0.355 e. The average Bonchev–Trinajstić information content (AvgIpc) is 2.79. The highest BCUT2D eigenvalue weighted by atomic mass is 32.2. The fourth-order valence-corrected chi connectivity index (χ4v) is 5.99. The normalized spacial score (nSPS) is 13.8. The van der Waals surface area contributed by atoms with Gasteiger partial charge in [0.1, 0.15) is 6.54 Å². The summed E-state index contributed by atoms with van der Waals surface area (Å²) in [5.74, 6) is -0.253. The van der Waals surface area contributed by atoms with E-state index >= 15 is 0 Å². The van der Waals surface area contributed by atoms with Crippen LogP contribution in [-0.4, -0.2) is 56.5 Å². The van der Waals surface area contributed by atoms with Crippen molar-refractivity contribution in [1.29, 1.82) is 0 Å². The van der Waals surface area contributed by atoms with Crippen LogP contribution in [0.5, 0.6) is 0 Å². The molecule has 1 heterocycles. The molecule has 0 atom stereocenters. The molecule has 32 heavy (non-hydrogen) atoms. The third kappa shape index (κ3) is 5.70. The minimum absolute atomic E-state index is 0.128. The van der Waals surface area contributed by atoms with Crippen LogP contribution in [0.15, 0.2) is 58.3 Å². The molecule has 1 aliphatic rings. The molecule has 172 valence electrons. The topological polar surface area (TPSA) is 86.8 Å². The van der Waals surface area contributed by atoms with Gasteiger partial charge in [0, 0.05) is 24.5 Å². The van der Waals surface area contributed by atoms with Gasteiger partial charge in [0.2, 0.25) is 21.8 Å². The second kappa shape index (κ2) is 11.0. The Balaban J connectivity index is 1.68. The van der Waals surface area contributed by atoms with Crippen LogP contribution in [0.1, 0.15) is 25.8 Å². The van der Waals surface area contributed by atoms with Gasteiger partial charge in [-0.1, -0.05) is 44.2 Å². The molecule has 0 unspecified atom stereocenters. The van der Waals surface area contributed by atoms with E-state index in [9.17, 15) is 18.0 Å². The number of sulfonamides is 1. The fraction of sp³-hybridized carbons (Fsp3) is 0.391. The average molecular weight is 476 g/mol. The van der Waals surface area contributed by atoms with E-state index < -0.39 is 10.0 Å². The number of benzene rings is 2. The van der Waals surface area contributed by atoms with Gasteiger partial charge in [-0.3, -0.25) is 9.59 Å². The number of hydrogen-bond donors (Lipinski definition) is 1. The number of nitrogens with zero attached hydrogens (tertiary/aromatic N) is 2. The van der Waals surface area contributed by atoms with Crippen molar-refractivity contribution in [3.8, 4) is 0 Å². The molecule has 0 aromatic heterocycles. The van der Waals surface area contributed by atoms with Gasteiger partial charge in [0.05, 0.1) is 16.3 Å². The van der Waals surface area contributed by atoms with Gasteiger partial charge in [-0.15, -0.1) is 11.8 Å². The minimum Gasteiger partial charge on any atom is -0.355 e. The van der Waals surface area contributed by atoms with E-state index in [1.54, 1.807) is 26.0 Å². The smallest absolute Gasteiger partial charge is 0.243 e. The zero-order valence-electron chi connectivity index (χ0n) is 18.4. The zero-order valence-corrected chi connectivity index (χ0v) is 20.0. The predicted octanol–water partition coefficient (Wildman–Crippen LogP) is 2.90. The van der Waals surface area contributed by atoms with Crippen LogP contribution >= 0.6 is 11.8 Å². The van der Waals surface area contributed by atoms with Crippen molar-refractivity contribution in [1.82, 2.24) is 9.62 Å². The molecule has 0 radical (unpaired) electrons. The highest BCUT2D eigenvalue weighted by molar-refractivity contribution is 8.00. The lowest BCUT2D eigenvalue weighted by molar-refractivity contribution is -0.123. The van der Waals surface area contributed by atoms with E-state index in [1.807, 2.05) is 30.3 Å². The van der Waals surface area contributed by atoms with Gasteiger partial charge in [0.25, 0.3) is 0 Å². The first-order valence-corrected chi connectivity index (χ1v) is 13.2. The van der Waals surface area contributed by atoms with Crippen molar-refractivity contribution >= 4 is 39.3 Å². The maximum Gasteiger partial charge on any atom is 0.243 e. The summed E-state index contributed by atoms with van der Waals surface area (Å²) in [6, 6.07) is 14.8. The van der Waals surface area contributed by atoms with E-state index in [0.29, 0.717) is 25.3 Å². The number of thioether (sulfide) groups is 1. The van der Waals surface area contributed by atoms with Crippen LogP contribution in [0, 0.1) is 0 Å². The molecule has 0 fully saturated rings. The van der Waals surface area contributed by atoms with E-state index in [1.165, 1.54) is 32.6 Å². The lowest BCUT2D eigenvalue weighted by Gasteiger charge is -2.29. The number of aryl methyl sites for hydroxylation is 1. The summed E-state index contributed by atoms with van der Waals surface area (Å²) in [4.78, 5) is 27.4. The van der Waals surface area contributed by atoms with E-state index in [4.69, 9.17) is 0 Å². The Labute approximate surface area is 194 Å². The number of carbonyl (C=O) groups is 2. The lowest BCUT2D eigenvalue weighted by Crippen LogP contribution is -2.43. The first kappa shape index (κ1) is 24.3. The lowest BCUT2D eigenvalue weighted by atomic mass is 10.1. The molecule has 0 saturated heterocycles. The Morgan fingerprint density at radius 2 is 1.84 bits per heavy atom. The van der Waals surface area contributed by atoms with Crippen LogP contribution in [0.2, 0.25) is 0 Å². The maximum absolute atomic E-state index is 12.9. The molecule has 2 amide bonds. The van der Waals surface area contributed by atoms with E-state index in [2.05, 4.69) is 5.32 Å². The third-order valence-electron chi connectivity index (χ3n) is 5.33. The Hall–Kier alpha value is -2.36. The van der Waals surface area contributed by atoms with Crippen LogP contribution in [-0.2, 0) is 26.0 Å². The number of hydrogen-bond acceptors (Lipinski definition) is 5. The maximum atomic E-state index is 12.9. The summed E-state index contributed by atoms with van der Waals surface area (Å²) >= 11 is 1.35. The Kier molecular flexibility index (Phi) is 8.33. The molecule has 0 aliphatic carbocycles. The predicted molar refractivity (Wildman–Crippen MR) is 127 cm³/mol. The van der Waals surface area contributed by atoms with Crippen LogP contribution < -0.4 is 10.2 Å². The number of rotatable bonds is 10. The fourth-order valence-electron chi connectivity index (χ4n) is 3.59. The van der Waals surface area contributed by atoms with Crippen molar-refractivity contribution in [2.24, 2.45) is 0 Å². The summed E-state index contributed by atoms with van der Waals surface area (Å²) in [6.45, 7) is 4.66. The number of nitrogens with one attached hydrogen (secondary N) is 1. The number of fused-ring (bicyclic) bond motifs is 1. The summed E-state index contributed by atoms with van der Waals surface area (Å²) in [5, 5.41) is 2.87. The van der Waals surface area contributed by atoms with Crippen molar-refractivity contribution in [3.63, 3.8) is 0 Å². The molecule has 2 aromatic carbocycles. The van der Waals surface area contributed by atoms with Gasteiger partial charge < -0.3 is 10.2 Å². The Morgan fingerprint density at radius 1 is 1.12 bits per heavy atom. The van der Waals surface area contributed by atoms with Crippen LogP contribution in [0.3, 0.4) is 0 Å².